The Morgan fingerprint density at radius 3 is 2.47 bits per heavy atom. The Morgan fingerprint density at radius 1 is 1.32 bits per heavy atom. The van der Waals surface area contributed by atoms with Crippen molar-refractivity contribution in [2.45, 2.75) is 51.1 Å². The van der Waals surface area contributed by atoms with Crippen molar-refractivity contribution in [3.8, 4) is 0 Å². The molecule has 19 heavy (non-hydrogen) atoms. The van der Waals surface area contributed by atoms with E-state index in [4.69, 9.17) is 0 Å². The van der Waals surface area contributed by atoms with Crippen molar-refractivity contribution >= 4 is 15.9 Å². The van der Waals surface area contributed by atoms with Gasteiger partial charge in [-0.05, 0) is 38.0 Å². The highest BCUT2D eigenvalue weighted by molar-refractivity contribution is 9.10. The number of halogens is 1. The van der Waals surface area contributed by atoms with E-state index in [9.17, 15) is 0 Å². The minimum atomic E-state index is 0.160. The topological polar surface area (TPSA) is 24.1 Å². The van der Waals surface area contributed by atoms with Gasteiger partial charge < -0.3 is 10.6 Å². The van der Waals surface area contributed by atoms with Crippen molar-refractivity contribution in [2.75, 3.05) is 13.1 Å². The molecular weight excluding hydrogens is 300 g/mol. The molecule has 0 aromatic heterocycles. The molecule has 1 aromatic carbocycles. The second kappa shape index (κ2) is 5.55. The normalized spacial score (nSPS) is 22.7. The van der Waals surface area contributed by atoms with Gasteiger partial charge in [-0.2, -0.15) is 0 Å². The van der Waals surface area contributed by atoms with Crippen molar-refractivity contribution in [1.29, 1.82) is 0 Å². The van der Waals surface area contributed by atoms with E-state index >= 15 is 0 Å². The zero-order valence-electron chi connectivity index (χ0n) is 12.4. The summed E-state index contributed by atoms with van der Waals surface area (Å²) >= 11 is 3.49. The fourth-order valence-corrected chi connectivity index (χ4v) is 2.97. The molecule has 0 aliphatic carbocycles. The van der Waals surface area contributed by atoms with Gasteiger partial charge in [0.25, 0.3) is 0 Å². The predicted octanol–water partition coefficient (Wildman–Crippen LogP) is 3.46. The molecular formula is C16H25BrN2. The summed E-state index contributed by atoms with van der Waals surface area (Å²) in [6.07, 6.45) is 1.20. The molecule has 0 amide bonds. The average molecular weight is 325 g/mol. The van der Waals surface area contributed by atoms with Crippen LogP contribution in [0.15, 0.2) is 28.7 Å². The Kier molecular flexibility index (Phi) is 4.38. The maximum absolute atomic E-state index is 3.72. The molecule has 2 nitrogen and oxygen atoms in total. The first kappa shape index (κ1) is 15.0. The standard InChI is InChI=1S/C16H25BrN2/c1-15(2,12-5-7-13(17)8-6-12)11-18-14-9-16(3,4)19-10-14/h5-8,14,18-19H,9-11H2,1-4H3. The zero-order chi connectivity index (χ0) is 14.1. The molecule has 1 fully saturated rings. The third-order valence-electron chi connectivity index (χ3n) is 4.04. The van der Waals surface area contributed by atoms with E-state index in [-0.39, 0.29) is 11.0 Å². The van der Waals surface area contributed by atoms with Gasteiger partial charge in [0.2, 0.25) is 0 Å². The quantitative estimate of drug-likeness (QED) is 0.886. The third-order valence-corrected chi connectivity index (χ3v) is 4.57. The summed E-state index contributed by atoms with van der Waals surface area (Å²) in [6, 6.07) is 9.25. The minimum Gasteiger partial charge on any atom is -0.312 e. The number of hydrogen-bond acceptors (Lipinski definition) is 2. The Balaban J connectivity index is 1.93. The summed E-state index contributed by atoms with van der Waals surface area (Å²) in [4.78, 5) is 0. The molecule has 0 spiro atoms. The highest BCUT2D eigenvalue weighted by Crippen LogP contribution is 2.25. The lowest BCUT2D eigenvalue weighted by molar-refractivity contribution is 0.407. The van der Waals surface area contributed by atoms with Crippen LogP contribution < -0.4 is 10.6 Å². The van der Waals surface area contributed by atoms with Crippen LogP contribution in [0.2, 0.25) is 0 Å². The molecule has 1 aliphatic heterocycles. The van der Waals surface area contributed by atoms with Crippen LogP contribution in [0.5, 0.6) is 0 Å². The first-order valence-electron chi connectivity index (χ1n) is 7.03. The monoisotopic (exact) mass is 324 g/mol. The van der Waals surface area contributed by atoms with E-state index in [0.717, 1.165) is 17.6 Å². The highest BCUT2D eigenvalue weighted by Gasteiger charge is 2.31. The van der Waals surface area contributed by atoms with E-state index < -0.39 is 0 Å². The van der Waals surface area contributed by atoms with E-state index in [1.165, 1.54) is 12.0 Å². The van der Waals surface area contributed by atoms with Crippen LogP contribution >= 0.6 is 15.9 Å². The lowest BCUT2D eigenvalue weighted by Gasteiger charge is -2.28. The Morgan fingerprint density at radius 2 is 1.95 bits per heavy atom. The van der Waals surface area contributed by atoms with Crippen LogP contribution in [0, 0.1) is 0 Å². The van der Waals surface area contributed by atoms with Gasteiger partial charge in [0.15, 0.2) is 0 Å². The van der Waals surface area contributed by atoms with Crippen molar-refractivity contribution in [2.24, 2.45) is 0 Å². The molecule has 1 atom stereocenters. The van der Waals surface area contributed by atoms with Gasteiger partial charge in [0, 0.05) is 34.6 Å². The van der Waals surface area contributed by atoms with Crippen LogP contribution in [0.4, 0.5) is 0 Å². The SMILES string of the molecule is CC1(C)CC(NCC(C)(C)c2ccc(Br)cc2)CN1. The highest BCUT2D eigenvalue weighted by atomic mass is 79.9. The first-order chi connectivity index (χ1) is 8.78. The van der Waals surface area contributed by atoms with E-state index in [1.54, 1.807) is 0 Å². The first-order valence-corrected chi connectivity index (χ1v) is 7.82. The van der Waals surface area contributed by atoms with Crippen molar-refractivity contribution in [3.63, 3.8) is 0 Å². The molecule has 1 aliphatic rings. The fraction of sp³-hybridized carbons (Fsp3) is 0.625. The van der Waals surface area contributed by atoms with Crippen LogP contribution in [0.1, 0.15) is 39.7 Å². The molecule has 3 heteroatoms. The number of nitrogens with one attached hydrogen (secondary N) is 2. The molecule has 0 radical (unpaired) electrons. The van der Waals surface area contributed by atoms with E-state index in [2.05, 4.69) is 78.5 Å². The molecule has 1 unspecified atom stereocenters. The molecule has 0 saturated carbocycles. The summed E-state index contributed by atoms with van der Waals surface area (Å²) in [5, 5.41) is 7.28. The van der Waals surface area contributed by atoms with Gasteiger partial charge >= 0.3 is 0 Å². The number of benzene rings is 1. The average Bonchev–Trinajstić information content (AvgIpc) is 2.67. The van der Waals surface area contributed by atoms with Gasteiger partial charge in [-0.1, -0.05) is 41.9 Å². The van der Waals surface area contributed by atoms with Gasteiger partial charge in [-0.15, -0.1) is 0 Å². The summed E-state index contributed by atoms with van der Waals surface area (Å²) in [6.45, 7) is 11.2. The van der Waals surface area contributed by atoms with Crippen LogP contribution in [-0.4, -0.2) is 24.7 Å². The number of rotatable bonds is 4. The van der Waals surface area contributed by atoms with Gasteiger partial charge in [0.1, 0.15) is 0 Å². The molecule has 2 rings (SSSR count). The van der Waals surface area contributed by atoms with Crippen molar-refractivity contribution in [1.82, 2.24) is 10.6 Å². The lowest BCUT2D eigenvalue weighted by Crippen LogP contribution is -2.40. The number of hydrogen-bond donors (Lipinski definition) is 2. The fourth-order valence-electron chi connectivity index (χ4n) is 2.71. The molecule has 1 heterocycles. The second-order valence-electron chi connectivity index (χ2n) is 6.94. The summed E-state index contributed by atoms with van der Waals surface area (Å²) in [5.41, 5.74) is 1.82. The smallest absolute Gasteiger partial charge is 0.0210 e. The Hall–Kier alpha value is -0.380. The van der Waals surface area contributed by atoms with Gasteiger partial charge in [-0.3, -0.25) is 0 Å². The Bertz CT molecular complexity index is 423. The largest absolute Gasteiger partial charge is 0.312 e. The third kappa shape index (κ3) is 4.04. The molecule has 1 aromatic rings. The molecule has 0 bridgehead atoms. The molecule has 2 N–H and O–H groups in total. The van der Waals surface area contributed by atoms with Gasteiger partial charge in [-0.25, -0.2) is 0 Å². The Labute approximate surface area is 125 Å². The predicted molar refractivity (Wildman–Crippen MR) is 85.7 cm³/mol. The van der Waals surface area contributed by atoms with Gasteiger partial charge in [0.05, 0.1) is 0 Å². The lowest BCUT2D eigenvalue weighted by atomic mass is 9.84. The van der Waals surface area contributed by atoms with Crippen molar-refractivity contribution in [3.05, 3.63) is 34.3 Å². The second-order valence-corrected chi connectivity index (χ2v) is 7.85. The molecule has 1 saturated heterocycles. The summed E-state index contributed by atoms with van der Waals surface area (Å²) in [7, 11) is 0. The summed E-state index contributed by atoms with van der Waals surface area (Å²) < 4.78 is 1.14. The van der Waals surface area contributed by atoms with E-state index in [0.29, 0.717) is 6.04 Å². The van der Waals surface area contributed by atoms with Crippen molar-refractivity contribution < 1.29 is 0 Å². The van der Waals surface area contributed by atoms with Crippen LogP contribution in [0.25, 0.3) is 0 Å². The maximum atomic E-state index is 3.72. The maximum Gasteiger partial charge on any atom is 0.0210 e. The zero-order valence-corrected chi connectivity index (χ0v) is 14.0. The van der Waals surface area contributed by atoms with E-state index in [1.807, 2.05) is 0 Å². The summed E-state index contributed by atoms with van der Waals surface area (Å²) in [5.74, 6) is 0. The molecule has 106 valence electrons. The van der Waals surface area contributed by atoms with Crippen LogP contribution in [-0.2, 0) is 5.41 Å². The van der Waals surface area contributed by atoms with Crippen LogP contribution in [0.3, 0.4) is 0 Å². The minimum absolute atomic E-state index is 0.160.